The van der Waals surface area contributed by atoms with Gasteiger partial charge in [0.05, 0.1) is 19.3 Å². The zero-order chi connectivity index (χ0) is 17.8. The molecule has 0 aliphatic carbocycles. The summed E-state index contributed by atoms with van der Waals surface area (Å²) in [5.41, 5.74) is 1.02. The fraction of sp³-hybridized carbons (Fsp3) is 0.632. The topological polar surface area (TPSA) is 63.9 Å². The number of carbonyl (C=O) groups is 1. The van der Waals surface area contributed by atoms with Crippen LogP contribution in [0.5, 0.6) is 0 Å². The molecule has 2 aliphatic rings. The van der Waals surface area contributed by atoms with E-state index in [1.165, 1.54) is 0 Å². The Bertz CT molecular complexity index is 612. The third-order valence-electron chi connectivity index (χ3n) is 4.96. The number of nitrogens with zero attached hydrogens (tertiary/aromatic N) is 1. The summed E-state index contributed by atoms with van der Waals surface area (Å²) >= 11 is 0. The summed E-state index contributed by atoms with van der Waals surface area (Å²) in [6.07, 6.45) is 1.82. The number of furan rings is 1. The van der Waals surface area contributed by atoms with E-state index in [1.807, 2.05) is 30.9 Å². The van der Waals surface area contributed by atoms with Gasteiger partial charge in [0.15, 0.2) is 0 Å². The molecule has 0 radical (unpaired) electrons. The van der Waals surface area contributed by atoms with Crippen molar-refractivity contribution in [3.8, 4) is 0 Å². The molecule has 138 valence electrons. The Balaban J connectivity index is 1.62. The van der Waals surface area contributed by atoms with Gasteiger partial charge < -0.3 is 24.1 Å². The summed E-state index contributed by atoms with van der Waals surface area (Å²) < 4.78 is 17.1. The van der Waals surface area contributed by atoms with E-state index in [4.69, 9.17) is 13.9 Å². The SMILES string of the molecule is C=C(C)C1OCCC1CNC(=O)N1CCOCC1c1ccc(CC)o1. The van der Waals surface area contributed by atoms with Crippen LogP contribution in [-0.2, 0) is 15.9 Å². The molecule has 3 rings (SSSR count). The van der Waals surface area contributed by atoms with Crippen molar-refractivity contribution in [3.63, 3.8) is 0 Å². The van der Waals surface area contributed by atoms with Crippen LogP contribution in [0.2, 0.25) is 0 Å². The van der Waals surface area contributed by atoms with Gasteiger partial charge in [-0.05, 0) is 25.5 Å². The molecule has 2 amide bonds. The number of aryl methyl sites for hydroxylation is 1. The number of amides is 2. The number of hydrogen-bond acceptors (Lipinski definition) is 4. The predicted molar refractivity (Wildman–Crippen MR) is 94.4 cm³/mol. The van der Waals surface area contributed by atoms with Crippen molar-refractivity contribution in [2.75, 3.05) is 32.9 Å². The number of urea groups is 1. The van der Waals surface area contributed by atoms with E-state index < -0.39 is 0 Å². The zero-order valence-corrected chi connectivity index (χ0v) is 15.1. The first kappa shape index (κ1) is 18.0. The highest BCUT2D eigenvalue weighted by molar-refractivity contribution is 5.74. The number of carbonyl (C=O) groups excluding carboxylic acids is 1. The van der Waals surface area contributed by atoms with Crippen molar-refractivity contribution in [1.29, 1.82) is 0 Å². The summed E-state index contributed by atoms with van der Waals surface area (Å²) in [6, 6.07) is 3.66. The van der Waals surface area contributed by atoms with Gasteiger partial charge in [0.2, 0.25) is 0 Å². The predicted octanol–water partition coefficient (Wildman–Crippen LogP) is 2.91. The Morgan fingerprint density at radius 1 is 1.40 bits per heavy atom. The average molecular weight is 348 g/mol. The highest BCUT2D eigenvalue weighted by Crippen LogP contribution is 2.27. The molecule has 1 aromatic rings. The monoisotopic (exact) mass is 348 g/mol. The third kappa shape index (κ3) is 4.07. The van der Waals surface area contributed by atoms with Crippen LogP contribution in [0.4, 0.5) is 4.79 Å². The van der Waals surface area contributed by atoms with Crippen LogP contribution in [0.1, 0.15) is 37.8 Å². The number of hydrogen-bond donors (Lipinski definition) is 1. The van der Waals surface area contributed by atoms with Gasteiger partial charge in [0, 0.05) is 32.0 Å². The molecule has 0 spiro atoms. The lowest BCUT2D eigenvalue weighted by Gasteiger charge is -2.34. The van der Waals surface area contributed by atoms with Crippen LogP contribution in [0.25, 0.3) is 0 Å². The number of nitrogens with one attached hydrogen (secondary N) is 1. The summed E-state index contributed by atoms with van der Waals surface area (Å²) in [4.78, 5) is 14.6. The van der Waals surface area contributed by atoms with Crippen molar-refractivity contribution in [2.45, 2.75) is 38.8 Å². The second-order valence-corrected chi connectivity index (χ2v) is 6.81. The molecule has 0 saturated carbocycles. The van der Waals surface area contributed by atoms with Gasteiger partial charge in [0.25, 0.3) is 0 Å². The fourth-order valence-corrected chi connectivity index (χ4v) is 3.55. The highest BCUT2D eigenvalue weighted by atomic mass is 16.5. The quantitative estimate of drug-likeness (QED) is 0.831. The van der Waals surface area contributed by atoms with E-state index in [0.29, 0.717) is 26.3 Å². The lowest BCUT2D eigenvalue weighted by atomic mass is 9.97. The molecular formula is C19H28N2O4. The first-order valence-electron chi connectivity index (χ1n) is 9.08. The molecule has 2 aliphatic heterocycles. The maximum Gasteiger partial charge on any atom is 0.318 e. The zero-order valence-electron chi connectivity index (χ0n) is 15.1. The largest absolute Gasteiger partial charge is 0.464 e. The Morgan fingerprint density at radius 3 is 2.96 bits per heavy atom. The second-order valence-electron chi connectivity index (χ2n) is 6.81. The molecule has 0 aromatic carbocycles. The first-order valence-corrected chi connectivity index (χ1v) is 9.08. The molecule has 6 nitrogen and oxygen atoms in total. The molecule has 3 unspecified atom stereocenters. The molecule has 25 heavy (non-hydrogen) atoms. The molecule has 1 aromatic heterocycles. The maximum atomic E-state index is 12.7. The molecular weight excluding hydrogens is 320 g/mol. The lowest BCUT2D eigenvalue weighted by molar-refractivity contribution is 0.00368. The Hall–Kier alpha value is -1.79. The normalized spacial score (nSPS) is 26.6. The van der Waals surface area contributed by atoms with E-state index in [-0.39, 0.29) is 24.1 Å². The van der Waals surface area contributed by atoms with Crippen LogP contribution >= 0.6 is 0 Å². The van der Waals surface area contributed by atoms with Crippen molar-refractivity contribution >= 4 is 6.03 Å². The Morgan fingerprint density at radius 2 is 2.24 bits per heavy atom. The minimum atomic E-state index is -0.175. The maximum absolute atomic E-state index is 12.7. The summed E-state index contributed by atoms with van der Waals surface area (Å²) in [7, 11) is 0. The molecule has 1 N–H and O–H groups in total. The molecule has 3 heterocycles. The number of ether oxygens (including phenoxy) is 2. The standard InChI is InChI=1S/C19H28N2O4/c1-4-15-5-6-17(25-15)16-12-23-10-8-21(16)19(22)20-11-14-7-9-24-18(14)13(2)3/h5-6,14,16,18H,2,4,7-12H2,1,3H3,(H,20,22). The molecule has 2 saturated heterocycles. The van der Waals surface area contributed by atoms with Gasteiger partial charge >= 0.3 is 6.03 Å². The van der Waals surface area contributed by atoms with Crippen LogP contribution in [-0.4, -0.2) is 49.9 Å². The van der Waals surface area contributed by atoms with E-state index in [2.05, 4.69) is 11.9 Å². The van der Waals surface area contributed by atoms with Crippen molar-refractivity contribution in [1.82, 2.24) is 10.2 Å². The molecule has 2 fully saturated rings. The van der Waals surface area contributed by atoms with Crippen molar-refractivity contribution in [2.24, 2.45) is 5.92 Å². The van der Waals surface area contributed by atoms with Crippen LogP contribution < -0.4 is 5.32 Å². The molecule has 6 heteroatoms. The number of morpholine rings is 1. The van der Waals surface area contributed by atoms with Crippen LogP contribution in [0.15, 0.2) is 28.7 Å². The summed E-state index contributed by atoms with van der Waals surface area (Å²) in [5.74, 6) is 2.00. The van der Waals surface area contributed by atoms with Gasteiger partial charge in [0.1, 0.15) is 17.6 Å². The first-order chi connectivity index (χ1) is 12.1. The third-order valence-corrected chi connectivity index (χ3v) is 4.96. The van der Waals surface area contributed by atoms with E-state index in [9.17, 15) is 4.79 Å². The second kappa shape index (κ2) is 8.06. The van der Waals surface area contributed by atoms with Gasteiger partial charge in [-0.1, -0.05) is 19.1 Å². The minimum absolute atomic E-state index is 0.0398. The number of rotatable bonds is 5. The van der Waals surface area contributed by atoms with E-state index >= 15 is 0 Å². The lowest BCUT2D eigenvalue weighted by Crippen LogP contribution is -2.49. The van der Waals surface area contributed by atoms with Crippen molar-refractivity contribution < 1.29 is 18.7 Å². The Kier molecular flexibility index (Phi) is 5.81. The van der Waals surface area contributed by atoms with Gasteiger partial charge in [-0.25, -0.2) is 4.79 Å². The van der Waals surface area contributed by atoms with Crippen LogP contribution in [0.3, 0.4) is 0 Å². The summed E-state index contributed by atoms with van der Waals surface area (Å²) in [6.45, 7) is 10.9. The molecule has 0 bridgehead atoms. The summed E-state index contributed by atoms with van der Waals surface area (Å²) in [5, 5.41) is 3.07. The fourth-order valence-electron chi connectivity index (χ4n) is 3.55. The van der Waals surface area contributed by atoms with Crippen molar-refractivity contribution in [3.05, 3.63) is 35.8 Å². The van der Waals surface area contributed by atoms with Gasteiger partial charge in [-0.2, -0.15) is 0 Å². The van der Waals surface area contributed by atoms with Crippen LogP contribution in [0, 0.1) is 5.92 Å². The van der Waals surface area contributed by atoms with E-state index in [0.717, 1.165) is 36.5 Å². The van der Waals surface area contributed by atoms with E-state index in [1.54, 1.807) is 0 Å². The minimum Gasteiger partial charge on any atom is -0.464 e. The van der Waals surface area contributed by atoms with Gasteiger partial charge in [-0.3, -0.25) is 0 Å². The average Bonchev–Trinajstić information content (AvgIpc) is 3.28. The highest BCUT2D eigenvalue weighted by Gasteiger charge is 2.33. The van der Waals surface area contributed by atoms with Gasteiger partial charge in [-0.15, -0.1) is 0 Å². The molecule has 3 atom stereocenters. The smallest absolute Gasteiger partial charge is 0.318 e. The Labute approximate surface area is 149 Å².